The second kappa shape index (κ2) is 11.0. The molecule has 0 fully saturated rings. The molecule has 0 radical (unpaired) electrons. The van der Waals surface area contributed by atoms with Gasteiger partial charge in [0.15, 0.2) is 11.5 Å². The number of carbonyl (C=O) groups is 1. The Balaban J connectivity index is 1.72. The molecule has 0 unspecified atom stereocenters. The van der Waals surface area contributed by atoms with Crippen LogP contribution in [0.2, 0.25) is 0 Å². The van der Waals surface area contributed by atoms with Crippen LogP contribution in [-0.2, 0) is 17.9 Å². The number of ether oxygens (including phenoxy) is 2. The maximum Gasteiger partial charge on any atom is 0.262 e. The van der Waals surface area contributed by atoms with Crippen LogP contribution in [0.5, 0.6) is 11.5 Å². The lowest BCUT2D eigenvalue weighted by molar-refractivity contribution is -0.117. The van der Waals surface area contributed by atoms with Crippen LogP contribution in [0.15, 0.2) is 75.3 Å². The number of hydrogen-bond acceptors (Lipinski definition) is 5. The molecule has 0 bridgehead atoms. The molecule has 0 aliphatic heterocycles. The quantitative estimate of drug-likeness (QED) is 0.334. The van der Waals surface area contributed by atoms with Crippen LogP contribution in [0.3, 0.4) is 0 Å². The molecule has 0 aliphatic carbocycles. The molecule has 158 valence electrons. The van der Waals surface area contributed by atoms with Gasteiger partial charge < -0.3 is 19.2 Å². The van der Waals surface area contributed by atoms with Gasteiger partial charge in [-0.05, 0) is 60.5 Å². The molecule has 0 saturated heterocycles. The van der Waals surface area contributed by atoms with Crippen LogP contribution < -0.4 is 14.8 Å². The number of amides is 1. The molecular weight excluding hydrogens is 460 g/mol. The van der Waals surface area contributed by atoms with Gasteiger partial charge in [0.25, 0.3) is 5.91 Å². The lowest BCUT2D eigenvalue weighted by Crippen LogP contribution is -2.23. The van der Waals surface area contributed by atoms with E-state index in [1.165, 1.54) is 12.3 Å². The van der Waals surface area contributed by atoms with Gasteiger partial charge in [-0.25, -0.2) is 0 Å². The zero-order chi connectivity index (χ0) is 22.1. The van der Waals surface area contributed by atoms with Crippen LogP contribution in [0, 0.1) is 11.3 Å². The van der Waals surface area contributed by atoms with Gasteiger partial charge in [-0.15, -0.1) is 0 Å². The highest BCUT2D eigenvalue weighted by Gasteiger charge is 2.12. The molecular formula is C24H21BrN2O4. The number of furan rings is 1. The summed E-state index contributed by atoms with van der Waals surface area (Å²) >= 11 is 3.41. The van der Waals surface area contributed by atoms with E-state index in [9.17, 15) is 10.1 Å². The molecule has 2 aromatic carbocycles. The first-order valence-corrected chi connectivity index (χ1v) is 10.4. The monoisotopic (exact) mass is 480 g/mol. The first-order valence-electron chi connectivity index (χ1n) is 9.65. The van der Waals surface area contributed by atoms with Gasteiger partial charge >= 0.3 is 0 Å². The van der Waals surface area contributed by atoms with E-state index in [0.29, 0.717) is 36.0 Å². The van der Waals surface area contributed by atoms with Crippen LogP contribution in [-0.4, -0.2) is 12.5 Å². The highest BCUT2D eigenvalue weighted by molar-refractivity contribution is 9.10. The largest absolute Gasteiger partial charge is 0.490 e. The van der Waals surface area contributed by atoms with Gasteiger partial charge in [0.1, 0.15) is 24.0 Å². The Labute approximate surface area is 189 Å². The van der Waals surface area contributed by atoms with Crippen molar-refractivity contribution in [2.24, 2.45) is 0 Å². The zero-order valence-corrected chi connectivity index (χ0v) is 18.5. The maximum absolute atomic E-state index is 12.3. The van der Waals surface area contributed by atoms with Crippen molar-refractivity contribution in [2.75, 3.05) is 6.61 Å². The van der Waals surface area contributed by atoms with E-state index in [0.717, 1.165) is 10.0 Å². The topological polar surface area (TPSA) is 84.5 Å². The third kappa shape index (κ3) is 6.49. The van der Waals surface area contributed by atoms with Crippen molar-refractivity contribution in [2.45, 2.75) is 20.1 Å². The van der Waals surface area contributed by atoms with Crippen molar-refractivity contribution in [3.63, 3.8) is 0 Å². The van der Waals surface area contributed by atoms with E-state index in [1.54, 1.807) is 30.3 Å². The average molecular weight is 481 g/mol. The van der Waals surface area contributed by atoms with E-state index in [-0.39, 0.29) is 12.1 Å². The fourth-order valence-corrected chi connectivity index (χ4v) is 3.00. The summed E-state index contributed by atoms with van der Waals surface area (Å²) in [5.41, 5.74) is 1.66. The number of hydrogen-bond donors (Lipinski definition) is 1. The second-order valence-corrected chi connectivity index (χ2v) is 7.40. The summed E-state index contributed by atoms with van der Waals surface area (Å²) in [7, 11) is 0. The highest BCUT2D eigenvalue weighted by Crippen LogP contribution is 2.30. The lowest BCUT2D eigenvalue weighted by Gasteiger charge is -2.13. The molecule has 7 heteroatoms. The molecule has 0 aliphatic rings. The van der Waals surface area contributed by atoms with Crippen molar-refractivity contribution in [3.05, 3.63) is 87.8 Å². The minimum absolute atomic E-state index is 0.0162. The first kappa shape index (κ1) is 22.2. The summed E-state index contributed by atoms with van der Waals surface area (Å²) in [4.78, 5) is 12.3. The Morgan fingerprint density at radius 2 is 1.97 bits per heavy atom. The van der Waals surface area contributed by atoms with Gasteiger partial charge in [-0.2, -0.15) is 5.26 Å². The first-order chi connectivity index (χ1) is 15.1. The number of halogens is 1. The SMILES string of the molecule is CCOc1cc(C=C(C#N)C(=O)NCc2ccco2)ccc1OCc1ccc(Br)cc1. The molecule has 1 heterocycles. The average Bonchev–Trinajstić information content (AvgIpc) is 3.30. The molecule has 1 N–H and O–H groups in total. The molecule has 0 atom stereocenters. The fourth-order valence-electron chi connectivity index (χ4n) is 2.73. The number of rotatable bonds is 9. The Hall–Kier alpha value is -3.50. The van der Waals surface area contributed by atoms with Gasteiger partial charge in [-0.1, -0.05) is 34.1 Å². The predicted molar refractivity (Wildman–Crippen MR) is 120 cm³/mol. The van der Waals surface area contributed by atoms with Gasteiger partial charge in [0, 0.05) is 4.47 Å². The van der Waals surface area contributed by atoms with Crippen LogP contribution in [0.1, 0.15) is 23.8 Å². The van der Waals surface area contributed by atoms with Gasteiger partial charge in [0.2, 0.25) is 0 Å². The maximum atomic E-state index is 12.3. The summed E-state index contributed by atoms with van der Waals surface area (Å²) in [6.45, 7) is 2.93. The number of nitrogens with zero attached hydrogens (tertiary/aromatic N) is 1. The van der Waals surface area contributed by atoms with E-state index in [2.05, 4.69) is 21.2 Å². The third-order valence-corrected chi connectivity index (χ3v) is 4.78. The van der Waals surface area contributed by atoms with Crippen molar-refractivity contribution < 1.29 is 18.7 Å². The van der Waals surface area contributed by atoms with E-state index < -0.39 is 5.91 Å². The van der Waals surface area contributed by atoms with Crippen LogP contribution in [0.4, 0.5) is 0 Å². The van der Waals surface area contributed by atoms with Crippen molar-refractivity contribution in [1.82, 2.24) is 5.32 Å². The number of nitrogens with one attached hydrogen (secondary N) is 1. The number of carbonyl (C=O) groups excluding carboxylic acids is 1. The molecule has 3 aromatic rings. The normalized spacial score (nSPS) is 10.9. The summed E-state index contributed by atoms with van der Waals surface area (Å²) in [6.07, 6.45) is 3.04. The van der Waals surface area contributed by atoms with Gasteiger partial charge in [-0.3, -0.25) is 4.79 Å². The Morgan fingerprint density at radius 1 is 1.16 bits per heavy atom. The summed E-state index contributed by atoms with van der Waals surface area (Å²) < 4.78 is 17.8. The van der Waals surface area contributed by atoms with Crippen LogP contribution in [0.25, 0.3) is 6.08 Å². The summed E-state index contributed by atoms with van der Waals surface area (Å²) in [6, 6.07) is 18.6. The lowest BCUT2D eigenvalue weighted by atomic mass is 10.1. The second-order valence-electron chi connectivity index (χ2n) is 6.49. The molecule has 6 nitrogen and oxygen atoms in total. The van der Waals surface area contributed by atoms with E-state index >= 15 is 0 Å². The zero-order valence-electron chi connectivity index (χ0n) is 16.9. The van der Waals surface area contributed by atoms with Crippen molar-refractivity contribution >= 4 is 27.9 Å². The van der Waals surface area contributed by atoms with Crippen molar-refractivity contribution in [3.8, 4) is 17.6 Å². The fraction of sp³-hybridized carbons (Fsp3) is 0.167. The predicted octanol–water partition coefficient (Wildman–Crippen LogP) is 5.24. The van der Waals surface area contributed by atoms with Gasteiger partial charge in [0.05, 0.1) is 19.4 Å². The van der Waals surface area contributed by atoms with Crippen molar-refractivity contribution in [1.29, 1.82) is 5.26 Å². The summed E-state index contributed by atoms with van der Waals surface area (Å²) in [5.74, 6) is 1.26. The minimum Gasteiger partial charge on any atom is -0.490 e. The molecule has 3 rings (SSSR count). The summed E-state index contributed by atoms with van der Waals surface area (Å²) in [5, 5.41) is 12.1. The Kier molecular flexibility index (Phi) is 7.91. The molecule has 1 amide bonds. The smallest absolute Gasteiger partial charge is 0.262 e. The van der Waals surface area contributed by atoms with E-state index in [4.69, 9.17) is 13.9 Å². The Morgan fingerprint density at radius 3 is 2.65 bits per heavy atom. The molecule has 31 heavy (non-hydrogen) atoms. The van der Waals surface area contributed by atoms with E-state index in [1.807, 2.05) is 37.3 Å². The standard InChI is InChI=1S/C24H21BrN2O4/c1-2-29-23-13-18(7-10-22(23)31-16-17-5-8-20(25)9-6-17)12-19(14-26)24(28)27-15-21-4-3-11-30-21/h3-13H,2,15-16H2,1H3,(H,27,28). The number of nitriles is 1. The molecule has 0 saturated carbocycles. The number of benzene rings is 2. The minimum atomic E-state index is -0.479. The third-order valence-electron chi connectivity index (χ3n) is 4.25. The van der Waals surface area contributed by atoms with Crippen LogP contribution >= 0.6 is 15.9 Å². The Bertz CT molecular complexity index is 1080. The highest BCUT2D eigenvalue weighted by atomic mass is 79.9. The molecule has 1 aromatic heterocycles. The molecule has 0 spiro atoms.